The van der Waals surface area contributed by atoms with Gasteiger partial charge in [0.2, 0.25) is 0 Å². The number of benzene rings is 2. The lowest BCUT2D eigenvalue weighted by atomic mass is 10.0. The first-order valence-electron chi connectivity index (χ1n) is 11.6. The molecule has 4 rings (SSSR count). The third kappa shape index (κ3) is 5.78. The monoisotopic (exact) mass is 503 g/mol. The highest BCUT2D eigenvalue weighted by Gasteiger charge is 2.38. The van der Waals surface area contributed by atoms with Crippen LogP contribution in [0.5, 0.6) is 0 Å². The molecular formula is C25H28F3N5O3. The molecule has 8 nitrogen and oxygen atoms in total. The topological polar surface area (TPSA) is 88.5 Å². The number of fused-ring (bicyclic) bond motifs is 1. The fraction of sp³-hybridized carbons (Fsp3) is 0.400. The molecule has 1 aromatic heterocycles. The molecule has 1 saturated heterocycles. The van der Waals surface area contributed by atoms with Crippen molar-refractivity contribution in [2.75, 3.05) is 23.3 Å². The van der Waals surface area contributed by atoms with Gasteiger partial charge in [-0.2, -0.15) is 23.0 Å². The molecule has 1 unspecified atom stereocenters. The van der Waals surface area contributed by atoms with Crippen molar-refractivity contribution >= 4 is 40.0 Å². The van der Waals surface area contributed by atoms with Gasteiger partial charge in [-0.25, -0.2) is 4.79 Å². The SMILES string of the molecule is CC(C)(C)OC(=O)n1ncc2cc(N(c3ccc(NC(=O)C(F)(F)F)cc3)C3CCCNC3)ccc21. The molecule has 0 bridgehead atoms. The van der Waals surface area contributed by atoms with E-state index in [-0.39, 0.29) is 11.7 Å². The highest BCUT2D eigenvalue weighted by molar-refractivity contribution is 5.95. The Hall–Kier alpha value is -3.60. The number of alkyl halides is 3. The van der Waals surface area contributed by atoms with Crippen LogP contribution in [0.3, 0.4) is 0 Å². The van der Waals surface area contributed by atoms with Crippen molar-refractivity contribution < 1.29 is 27.5 Å². The summed E-state index contributed by atoms with van der Waals surface area (Å²) in [6.07, 6.45) is -2.06. The summed E-state index contributed by atoms with van der Waals surface area (Å²) in [6.45, 7) is 6.98. The average molecular weight is 504 g/mol. The van der Waals surface area contributed by atoms with Gasteiger partial charge in [0.25, 0.3) is 0 Å². The van der Waals surface area contributed by atoms with Crippen LogP contribution in [0.1, 0.15) is 33.6 Å². The second kappa shape index (κ2) is 9.81. The smallest absolute Gasteiger partial charge is 0.442 e. The fourth-order valence-corrected chi connectivity index (χ4v) is 4.15. The lowest BCUT2D eigenvalue weighted by Crippen LogP contribution is -2.43. The standard InChI is InChI=1S/C25H28F3N5O3/c1-24(2,3)36-23(35)33-21-11-10-19(13-16(21)14-30-33)32(20-5-4-12-29-15-20)18-8-6-17(7-9-18)31-22(34)25(26,27)28/h6-11,13-14,20,29H,4-5,12,15H2,1-3H3,(H,31,34). The molecule has 11 heteroatoms. The minimum Gasteiger partial charge on any atom is -0.442 e. The average Bonchev–Trinajstić information content (AvgIpc) is 3.23. The summed E-state index contributed by atoms with van der Waals surface area (Å²) in [5.74, 6) is -2.02. The maximum atomic E-state index is 12.6. The molecule has 1 atom stereocenters. The summed E-state index contributed by atoms with van der Waals surface area (Å²) in [5, 5.41) is 10.2. The van der Waals surface area contributed by atoms with E-state index in [1.54, 1.807) is 45.2 Å². The van der Waals surface area contributed by atoms with E-state index in [2.05, 4.69) is 15.3 Å². The van der Waals surface area contributed by atoms with E-state index in [4.69, 9.17) is 4.74 Å². The van der Waals surface area contributed by atoms with Crippen molar-refractivity contribution in [2.24, 2.45) is 0 Å². The minimum absolute atomic E-state index is 0.0527. The van der Waals surface area contributed by atoms with Crippen LogP contribution in [0.15, 0.2) is 48.7 Å². The second-order valence-electron chi connectivity index (χ2n) is 9.65. The van der Waals surface area contributed by atoms with Crippen molar-refractivity contribution in [3.05, 3.63) is 48.7 Å². The first-order valence-corrected chi connectivity index (χ1v) is 11.6. The van der Waals surface area contributed by atoms with Gasteiger partial charge in [0.1, 0.15) is 5.60 Å². The number of ether oxygens (including phenoxy) is 1. The van der Waals surface area contributed by atoms with Crippen LogP contribution in [0.4, 0.5) is 35.0 Å². The fourth-order valence-electron chi connectivity index (χ4n) is 4.15. The highest BCUT2D eigenvalue weighted by Crippen LogP contribution is 2.33. The molecule has 1 aliphatic heterocycles. The first kappa shape index (κ1) is 25.5. The van der Waals surface area contributed by atoms with Crippen molar-refractivity contribution in [1.29, 1.82) is 0 Å². The van der Waals surface area contributed by atoms with Gasteiger partial charge >= 0.3 is 18.2 Å². The third-order valence-corrected chi connectivity index (χ3v) is 5.69. The molecule has 0 spiro atoms. The first-order chi connectivity index (χ1) is 16.9. The van der Waals surface area contributed by atoms with E-state index in [1.807, 2.05) is 17.4 Å². The van der Waals surface area contributed by atoms with Gasteiger partial charge in [0, 0.05) is 35.0 Å². The molecule has 1 aliphatic rings. The molecule has 1 amide bonds. The Bertz CT molecular complexity index is 1240. The van der Waals surface area contributed by atoms with Gasteiger partial charge in [-0.1, -0.05) is 0 Å². The van der Waals surface area contributed by atoms with Crippen LogP contribution in [0.25, 0.3) is 10.9 Å². The normalized spacial score (nSPS) is 16.6. The van der Waals surface area contributed by atoms with Crippen LogP contribution >= 0.6 is 0 Å². The van der Waals surface area contributed by atoms with Gasteiger partial charge in [-0.05, 0) is 82.6 Å². The van der Waals surface area contributed by atoms with Crippen molar-refractivity contribution in [2.45, 2.75) is 51.4 Å². The van der Waals surface area contributed by atoms with Gasteiger partial charge in [-0.15, -0.1) is 0 Å². The number of nitrogens with one attached hydrogen (secondary N) is 2. The number of anilines is 3. The summed E-state index contributed by atoms with van der Waals surface area (Å²) in [7, 11) is 0. The predicted octanol–water partition coefficient (Wildman–Crippen LogP) is 5.21. The molecule has 3 aromatic rings. The second-order valence-corrected chi connectivity index (χ2v) is 9.65. The van der Waals surface area contributed by atoms with E-state index in [1.165, 1.54) is 16.8 Å². The number of nitrogens with zero attached hydrogens (tertiary/aromatic N) is 3. The van der Waals surface area contributed by atoms with E-state index < -0.39 is 23.8 Å². The van der Waals surface area contributed by atoms with E-state index >= 15 is 0 Å². The summed E-state index contributed by atoms with van der Waals surface area (Å²) in [5.41, 5.74) is 1.59. The molecule has 0 aliphatic carbocycles. The lowest BCUT2D eigenvalue weighted by molar-refractivity contribution is -0.167. The Morgan fingerprint density at radius 2 is 1.81 bits per heavy atom. The zero-order valence-electron chi connectivity index (χ0n) is 20.2. The Balaban J connectivity index is 1.65. The van der Waals surface area contributed by atoms with E-state index in [9.17, 15) is 22.8 Å². The molecule has 192 valence electrons. The van der Waals surface area contributed by atoms with Crippen LogP contribution in [-0.2, 0) is 9.53 Å². The van der Waals surface area contributed by atoms with Crippen LogP contribution < -0.4 is 15.5 Å². The molecule has 1 fully saturated rings. The van der Waals surface area contributed by atoms with Crippen molar-refractivity contribution in [1.82, 2.24) is 15.1 Å². The van der Waals surface area contributed by atoms with Gasteiger partial charge in [0.15, 0.2) is 0 Å². The maximum Gasteiger partial charge on any atom is 0.471 e. The molecule has 0 saturated carbocycles. The Morgan fingerprint density at radius 3 is 2.42 bits per heavy atom. The number of carbonyl (C=O) groups excluding carboxylic acids is 2. The summed E-state index contributed by atoms with van der Waals surface area (Å²) < 4.78 is 44.5. The van der Waals surface area contributed by atoms with Crippen molar-refractivity contribution in [3.63, 3.8) is 0 Å². The number of hydrogen-bond acceptors (Lipinski definition) is 6. The van der Waals surface area contributed by atoms with Gasteiger partial charge in [-0.3, -0.25) is 4.79 Å². The highest BCUT2D eigenvalue weighted by atomic mass is 19.4. The lowest BCUT2D eigenvalue weighted by Gasteiger charge is -2.36. The Kier molecular flexibility index (Phi) is 6.94. The number of rotatable bonds is 4. The summed E-state index contributed by atoms with van der Waals surface area (Å²) >= 11 is 0. The number of aromatic nitrogens is 2. The van der Waals surface area contributed by atoms with Crippen LogP contribution in [0.2, 0.25) is 0 Å². The molecule has 2 heterocycles. The molecule has 36 heavy (non-hydrogen) atoms. The molecule has 2 N–H and O–H groups in total. The van der Waals surface area contributed by atoms with Crippen LogP contribution in [-0.4, -0.2) is 52.7 Å². The van der Waals surface area contributed by atoms with Gasteiger partial charge < -0.3 is 20.3 Å². The number of amides is 1. The Morgan fingerprint density at radius 1 is 1.11 bits per heavy atom. The zero-order chi connectivity index (χ0) is 26.1. The third-order valence-electron chi connectivity index (χ3n) is 5.69. The predicted molar refractivity (Wildman–Crippen MR) is 131 cm³/mol. The summed E-state index contributed by atoms with van der Waals surface area (Å²) in [6, 6.07) is 11.9. The zero-order valence-corrected chi connectivity index (χ0v) is 20.2. The maximum absolute atomic E-state index is 12.6. The molecular weight excluding hydrogens is 475 g/mol. The number of carbonyl (C=O) groups is 2. The number of halogens is 3. The largest absolute Gasteiger partial charge is 0.471 e. The minimum atomic E-state index is -4.96. The van der Waals surface area contributed by atoms with E-state index in [0.717, 1.165) is 42.7 Å². The Labute approximate surface area is 206 Å². The molecule has 0 radical (unpaired) electrons. The van der Waals surface area contributed by atoms with Crippen molar-refractivity contribution in [3.8, 4) is 0 Å². The van der Waals surface area contributed by atoms with E-state index in [0.29, 0.717) is 5.52 Å². The number of piperidine rings is 1. The quantitative estimate of drug-likeness (QED) is 0.508. The molecule has 2 aromatic carbocycles. The summed E-state index contributed by atoms with van der Waals surface area (Å²) in [4.78, 5) is 25.9. The number of hydrogen-bond donors (Lipinski definition) is 2. The van der Waals surface area contributed by atoms with Crippen LogP contribution in [0, 0.1) is 0 Å². The van der Waals surface area contributed by atoms with Gasteiger partial charge in [0.05, 0.1) is 11.7 Å².